The third kappa shape index (κ3) is 8.56. The summed E-state index contributed by atoms with van der Waals surface area (Å²) in [6.07, 6.45) is 3.58. The molecule has 4 rings (SSSR count). The molecule has 0 bridgehead atoms. The van der Waals surface area contributed by atoms with Gasteiger partial charge in [-0.3, -0.25) is 9.59 Å². The molecule has 41 heavy (non-hydrogen) atoms. The number of rotatable bonds is 10. The van der Waals surface area contributed by atoms with Crippen LogP contribution in [0.3, 0.4) is 0 Å². The van der Waals surface area contributed by atoms with Crippen LogP contribution in [0.5, 0.6) is 11.5 Å². The molecule has 1 atom stereocenters. The molecule has 3 aromatic carbocycles. The summed E-state index contributed by atoms with van der Waals surface area (Å²) in [6.45, 7) is 5.84. The molecule has 9 heteroatoms. The zero-order valence-corrected chi connectivity index (χ0v) is 23.7. The second kappa shape index (κ2) is 14.3. The van der Waals surface area contributed by atoms with Gasteiger partial charge in [-0.25, -0.2) is 0 Å². The number of anilines is 1. The zero-order valence-electron chi connectivity index (χ0n) is 23.7. The lowest BCUT2D eigenvalue weighted by atomic mass is 10.0. The van der Waals surface area contributed by atoms with E-state index in [4.69, 9.17) is 20.9 Å². The van der Waals surface area contributed by atoms with Crippen molar-refractivity contribution in [3.8, 4) is 11.5 Å². The van der Waals surface area contributed by atoms with Crippen LogP contribution in [-0.4, -0.2) is 43.1 Å². The number of nitrogens with one attached hydrogen (secondary N) is 1. The summed E-state index contributed by atoms with van der Waals surface area (Å²) in [5.74, 6) is 0.536. The van der Waals surface area contributed by atoms with Crippen molar-refractivity contribution in [3.05, 3.63) is 89.5 Å². The number of nitrogens with zero attached hydrogens (tertiary/aromatic N) is 2. The van der Waals surface area contributed by atoms with E-state index in [1.165, 1.54) is 6.42 Å². The summed E-state index contributed by atoms with van der Waals surface area (Å²) >= 11 is 0. The van der Waals surface area contributed by atoms with Gasteiger partial charge in [-0.2, -0.15) is 4.99 Å². The molecule has 216 valence electrons. The van der Waals surface area contributed by atoms with Crippen molar-refractivity contribution in [2.24, 2.45) is 16.5 Å². The second-order valence-electron chi connectivity index (χ2n) is 10.4. The molecule has 3 aromatic rings. The van der Waals surface area contributed by atoms with Crippen molar-refractivity contribution < 1.29 is 19.1 Å². The number of piperidine rings is 1. The van der Waals surface area contributed by atoms with Crippen LogP contribution in [0.15, 0.2) is 77.8 Å². The van der Waals surface area contributed by atoms with Crippen LogP contribution in [0, 0.1) is 0 Å². The van der Waals surface area contributed by atoms with E-state index in [0.29, 0.717) is 18.5 Å². The molecule has 0 unspecified atom stereocenters. The summed E-state index contributed by atoms with van der Waals surface area (Å²) < 4.78 is 11.4. The average molecular weight is 558 g/mol. The summed E-state index contributed by atoms with van der Waals surface area (Å²) in [7, 11) is 0. The number of guanidine groups is 1. The van der Waals surface area contributed by atoms with Crippen molar-refractivity contribution in [2.75, 3.05) is 18.0 Å². The molecule has 1 fully saturated rings. The van der Waals surface area contributed by atoms with Gasteiger partial charge >= 0.3 is 5.97 Å². The number of ether oxygens (including phenoxy) is 2. The first kappa shape index (κ1) is 29.6. The number of benzene rings is 3. The normalized spacial score (nSPS) is 14.4. The number of carbonyl (C=O) groups excluding carboxylic acids is 2. The molecule has 0 spiro atoms. The van der Waals surface area contributed by atoms with Gasteiger partial charge < -0.3 is 31.2 Å². The average Bonchev–Trinajstić information content (AvgIpc) is 2.97. The summed E-state index contributed by atoms with van der Waals surface area (Å²) in [5, 5.41) is 3.10. The molecule has 0 radical (unpaired) electrons. The molecular formula is C32H39N5O4. The van der Waals surface area contributed by atoms with Crippen LogP contribution >= 0.6 is 0 Å². The quantitative estimate of drug-likeness (QED) is 0.188. The van der Waals surface area contributed by atoms with Crippen molar-refractivity contribution in [3.63, 3.8) is 0 Å². The molecule has 1 heterocycles. The molecule has 0 saturated carbocycles. The van der Waals surface area contributed by atoms with Crippen LogP contribution in [-0.2, 0) is 22.5 Å². The number of para-hydroxylation sites is 1. The smallest absolute Gasteiger partial charge is 0.323 e. The predicted octanol–water partition coefficient (Wildman–Crippen LogP) is 4.54. The molecule has 0 aliphatic carbocycles. The van der Waals surface area contributed by atoms with Gasteiger partial charge in [0.05, 0.1) is 6.10 Å². The number of amides is 1. The fraction of sp³-hybridized carbons (Fsp3) is 0.344. The van der Waals surface area contributed by atoms with E-state index in [1.807, 2.05) is 42.5 Å². The van der Waals surface area contributed by atoms with E-state index in [-0.39, 0.29) is 12.1 Å². The number of nitrogens with two attached hydrogens (primary N) is 2. The standard InChI is InChI=1S/C32H39N5O4/c1-22(2)40-31(39)27(33)20-23-14-16-24(17-15-23)30(38)36-32(34)35-21-26-28(37-18-7-4-8-19-37)12-9-13-29(26)41-25-10-5-3-6-11-25/h3,5-6,9-17,22,27H,4,7-8,18-21,33H2,1-2H3,(H3,34,35,36,38)/t27-/m0/s1. The Morgan fingerprint density at radius 2 is 1.66 bits per heavy atom. The highest BCUT2D eigenvalue weighted by atomic mass is 16.5. The van der Waals surface area contributed by atoms with Crippen molar-refractivity contribution >= 4 is 23.5 Å². The van der Waals surface area contributed by atoms with E-state index in [1.54, 1.807) is 38.1 Å². The predicted molar refractivity (Wildman–Crippen MR) is 161 cm³/mol. The fourth-order valence-corrected chi connectivity index (χ4v) is 4.71. The number of carbonyl (C=O) groups is 2. The lowest BCUT2D eigenvalue weighted by molar-refractivity contribution is -0.148. The Hall–Kier alpha value is -4.37. The van der Waals surface area contributed by atoms with E-state index in [9.17, 15) is 9.59 Å². The van der Waals surface area contributed by atoms with Crippen LogP contribution in [0.1, 0.15) is 54.6 Å². The highest BCUT2D eigenvalue weighted by Crippen LogP contribution is 2.34. The Labute approximate surface area is 241 Å². The number of esters is 1. The van der Waals surface area contributed by atoms with Gasteiger partial charge in [0.1, 0.15) is 17.5 Å². The van der Waals surface area contributed by atoms with Gasteiger partial charge in [-0.15, -0.1) is 0 Å². The Morgan fingerprint density at radius 1 is 0.951 bits per heavy atom. The topological polar surface area (TPSA) is 132 Å². The van der Waals surface area contributed by atoms with Gasteiger partial charge in [-0.05, 0) is 81.5 Å². The third-order valence-electron chi connectivity index (χ3n) is 6.76. The molecule has 0 aromatic heterocycles. The van der Waals surface area contributed by atoms with Gasteiger partial charge in [0.15, 0.2) is 5.96 Å². The number of hydrogen-bond donors (Lipinski definition) is 3. The third-order valence-corrected chi connectivity index (χ3v) is 6.76. The van der Waals surface area contributed by atoms with Gasteiger partial charge in [0.2, 0.25) is 0 Å². The minimum atomic E-state index is -0.777. The Balaban J connectivity index is 1.44. The first-order chi connectivity index (χ1) is 19.8. The first-order valence-corrected chi connectivity index (χ1v) is 14.1. The largest absolute Gasteiger partial charge is 0.462 e. The molecule has 1 saturated heterocycles. The maximum absolute atomic E-state index is 12.8. The fourth-order valence-electron chi connectivity index (χ4n) is 4.71. The molecule has 9 nitrogen and oxygen atoms in total. The number of hydrogen-bond acceptors (Lipinski definition) is 6. The highest BCUT2D eigenvalue weighted by molar-refractivity contribution is 6.02. The van der Waals surface area contributed by atoms with E-state index < -0.39 is 17.9 Å². The monoisotopic (exact) mass is 557 g/mol. The molecular weight excluding hydrogens is 518 g/mol. The second-order valence-corrected chi connectivity index (χ2v) is 10.4. The van der Waals surface area contributed by atoms with E-state index in [0.717, 1.165) is 54.2 Å². The minimum Gasteiger partial charge on any atom is -0.462 e. The molecule has 5 N–H and O–H groups in total. The summed E-state index contributed by atoms with van der Waals surface area (Å²) in [4.78, 5) is 31.2. The maximum Gasteiger partial charge on any atom is 0.323 e. The Bertz CT molecular complexity index is 1340. The Kier molecular flexibility index (Phi) is 10.3. The zero-order chi connectivity index (χ0) is 29.2. The lowest BCUT2D eigenvalue weighted by Gasteiger charge is -2.31. The van der Waals surface area contributed by atoms with Crippen LogP contribution < -0.4 is 26.4 Å². The van der Waals surface area contributed by atoms with Gasteiger partial charge in [0.25, 0.3) is 5.91 Å². The summed E-state index contributed by atoms with van der Waals surface area (Å²) in [6, 6.07) is 21.7. The maximum atomic E-state index is 12.8. The van der Waals surface area contributed by atoms with Crippen molar-refractivity contribution in [1.29, 1.82) is 0 Å². The Morgan fingerprint density at radius 3 is 2.34 bits per heavy atom. The van der Waals surface area contributed by atoms with E-state index in [2.05, 4.69) is 21.3 Å². The van der Waals surface area contributed by atoms with E-state index >= 15 is 0 Å². The van der Waals surface area contributed by atoms with Crippen molar-refractivity contribution in [1.82, 2.24) is 5.32 Å². The van der Waals surface area contributed by atoms with Crippen LogP contribution in [0.4, 0.5) is 5.69 Å². The number of aliphatic imine (C=N–C) groups is 1. The van der Waals surface area contributed by atoms with Gasteiger partial charge in [0, 0.05) is 36.4 Å². The SMILES string of the molecule is CC(C)OC(=O)[C@@H](N)Cc1ccc(C(=O)/N=C(\N)NCc2c(Oc3ccccc3)cccc2N2CCCCC2)cc1. The molecule has 1 aliphatic heterocycles. The summed E-state index contributed by atoms with van der Waals surface area (Å²) in [5.41, 5.74) is 15.3. The van der Waals surface area contributed by atoms with Crippen LogP contribution in [0.2, 0.25) is 0 Å². The van der Waals surface area contributed by atoms with Crippen LogP contribution in [0.25, 0.3) is 0 Å². The minimum absolute atomic E-state index is 0.0108. The van der Waals surface area contributed by atoms with Gasteiger partial charge in [-0.1, -0.05) is 36.4 Å². The lowest BCUT2D eigenvalue weighted by Crippen LogP contribution is -2.35. The van der Waals surface area contributed by atoms with Crippen molar-refractivity contribution in [2.45, 2.75) is 58.2 Å². The molecule has 1 amide bonds. The molecule has 1 aliphatic rings. The first-order valence-electron chi connectivity index (χ1n) is 14.1. The highest BCUT2D eigenvalue weighted by Gasteiger charge is 2.19.